The highest BCUT2D eigenvalue weighted by Gasteiger charge is 2.14. The highest BCUT2D eigenvalue weighted by Crippen LogP contribution is 2.17. The SMILES string of the molecule is CCOC(=O)c1ccccc1NC(=O)COc1ccc(I)cc1. The maximum Gasteiger partial charge on any atom is 0.340 e. The van der Waals surface area contributed by atoms with Gasteiger partial charge in [0.05, 0.1) is 17.9 Å². The lowest BCUT2D eigenvalue weighted by Crippen LogP contribution is -2.22. The molecule has 0 aliphatic rings. The van der Waals surface area contributed by atoms with E-state index in [-0.39, 0.29) is 19.1 Å². The smallest absolute Gasteiger partial charge is 0.340 e. The topological polar surface area (TPSA) is 64.6 Å². The molecule has 0 fully saturated rings. The van der Waals surface area contributed by atoms with Crippen LogP contribution in [0.2, 0.25) is 0 Å². The molecule has 0 unspecified atom stereocenters. The third-order valence-electron chi connectivity index (χ3n) is 2.88. The van der Waals surface area contributed by atoms with Crippen LogP contribution in [0.1, 0.15) is 17.3 Å². The number of rotatable bonds is 6. The molecule has 0 radical (unpaired) electrons. The van der Waals surface area contributed by atoms with Crippen LogP contribution in [0.5, 0.6) is 5.75 Å². The van der Waals surface area contributed by atoms with Gasteiger partial charge >= 0.3 is 5.97 Å². The molecule has 23 heavy (non-hydrogen) atoms. The van der Waals surface area contributed by atoms with E-state index in [1.165, 1.54) is 0 Å². The zero-order valence-electron chi connectivity index (χ0n) is 12.5. The summed E-state index contributed by atoms with van der Waals surface area (Å²) in [6.45, 7) is 1.86. The second-order valence-corrected chi connectivity index (χ2v) is 5.80. The monoisotopic (exact) mass is 425 g/mol. The molecule has 0 heterocycles. The number of hydrogen-bond acceptors (Lipinski definition) is 4. The molecule has 1 N–H and O–H groups in total. The third-order valence-corrected chi connectivity index (χ3v) is 3.60. The van der Waals surface area contributed by atoms with Gasteiger partial charge in [0, 0.05) is 3.57 Å². The zero-order valence-corrected chi connectivity index (χ0v) is 14.7. The Hall–Kier alpha value is -2.09. The van der Waals surface area contributed by atoms with E-state index in [1.807, 2.05) is 12.1 Å². The number of hydrogen-bond donors (Lipinski definition) is 1. The highest BCUT2D eigenvalue weighted by atomic mass is 127. The Labute approximate surface area is 148 Å². The lowest BCUT2D eigenvalue weighted by molar-refractivity contribution is -0.118. The van der Waals surface area contributed by atoms with E-state index in [9.17, 15) is 9.59 Å². The molecule has 0 spiro atoms. The van der Waals surface area contributed by atoms with Gasteiger partial charge in [-0.3, -0.25) is 4.79 Å². The van der Waals surface area contributed by atoms with Crippen LogP contribution in [0.25, 0.3) is 0 Å². The van der Waals surface area contributed by atoms with E-state index < -0.39 is 5.97 Å². The van der Waals surface area contributed by atoms with Crippen molar-refractivity contribution in [2.45, 2.75) is 6.92 Å². The largest absolute Gasteiger partial charge is 0.484 e. The summed E-state index contributed by atoms with van der Waals surface area (Å²) < 4.78 is 11.5. The quantitative estimate of drug-likeness (QED) is 0.569. The van der Waals surface area contributed by atoms with Gasteiger partial charge in [-0.25, -0.2) is 4.79 Å². The number of halogens is 1. The molecule has 2 rings (SSSR count). The van der Waals surface area contributed by atoms with Crippen molar-refractivity contribution < 1.29 is 19.1 Å². The van der Waals surface area contributed by atoms with Gasteiger partial charge in [-0.05, 0) is 65.9 Å². The van der Waals surface area contributed by atoms with Crippen molar-refractivity contribution in [2.24, 2.45) is 0 Å². The number of anilines is 1. The van der Waals surface area contributed by atoms with Crippen molar-refractivity contribution in [3.63, 3.8) is 0 Å². The van der Waals surface area contributed by atoms with E-state index >= 15 is 0 Å². The average Bonchev–Trinajstić information content (AvgIpc) is 2.55. The lowest BCUT2D eigenvalue weighted by Gasteiger charge is -2.11. The van der Waals surface area contributed by atoms with Gasteiger partial charge in [0.25, 0.3) is 5.91 Å². The average molecular weight is 425 g/mol. The molecule has 0 bridgehead atoms. The number of carbonyl (C=O) groups excluding carboxylic acids is 2. The number of esters is 1. The van der Waals surface area contributed by atoms with Crippen LogP contribution in [0.15, 0.2) is 48.5 Å². The summed E-state index contributed by atoms with van der Waals surface area (Å²) in [6, 6.07) is 14.1. The zero-order chi connectivity index (χ0) is 16.7. The highest BCUT2D eigenvalue weighted by molar-refractivity contribution is 14.1. The Morgan fingerprint density at radius 1 is 1.09 bits per heavy atom. The van der Waals surface area contributed by atoms with Gasteiger partial charge in [0.2, 0.25) is 0 Å². The van der Waals surface area contributed by atoms with Crippen molar-refractivity contribution in [3.8, 4) is 5.75 Å². The number of para-hydroxylation sites is 1. The van der Waals surface area contributed by atoms with Gasteiger partial charge in [0.1, 0.15) is 5.75 Å². The first-order valence-corrected chi connectivity index (χ1v) is 8.12. The van der Waals surface area contributed by atoms with Gasteiger partial charge in [0.15, 0.2) is 6.61 Å². The van der Waals surface area contributed by atoms with Crippen molar-refractivity contribution in [3.05, 3.63) is 57.7 Å². The number of ether oxygens (including phenoxy) is 2. The van der Waals surface area contributed by atoms with Crippen molar-refractivity contribution in [1.29, 1.82) is 0 Å². The van der Waals surface area contributed by atoms with E-state index in [4.69, 9.17) is 9.47 Å². The Bertz CT molecular complexity index is 685. The summed E-state index contributed by atoms with van der Waals surface area (Å²) >= 11 is 2.19. The number of nitrogens with one attached hydrogen (secondary N) is 1. The van der Waals surface area contributed by atoms with E-state index in [2.05, 4.69) is 27.9 Å². The molecule has 0 atom stereocenters. The molecule has 2 aromatic rings. The molecule has 0 aromatic heterocycles. The molecule has 1 amide bonds. The molecule has 0 saturated carbocycles. The van der Waals surface area contributed by atoms with Crippen molar-refractivity contribution in [2.75, 3.05) is 18.5 Å². The third kappa shape index (κ3) is 5.24. The summed E-state index contributed by atoms with van der Waals surface area (Å²) in [7, 11) is 0. The molecule has 5 nitrogen and oxygen atoms in total. The first-order valence-electron chi connectivity index (χ1n) is 7.04. The standard InChI is InChI=1S/C17H16INO4/c1-2-22-17(21)14-5-3-4-6-15(14)19-16(20)11-23-13-9-7-12(18)8-10-13/h3-10H,2,11H2,1H3,(H,19,20). The molecular formula is C17H16INO4. The van der Waals surface area contributed by atoms with Crippen molar-refractivity contribution in [1.82, 2.24) is 0 Å². The Kier molecular flexibility index (Phi) is 6.40. The summed E-state index contributed by atoms with van der Waals surface area (Å²) in [5, 5.41) is 2.67. The van der Waals surface area contributed by atoms with E-state index in [0.29, 0.717) is 17.0 Å². The molecule has 0 aliphatic carbocycles. The van der Waals surface area contributed by atoms with Gasteiger partial charge in [-0.1, -0.05) is 12.1 Å². The minimum atomic E-state index is -0.470. The van der Waals surface area contributed by atoms with Gasteiger partial charge in [-0.15, -0.1) is 0 Å². The summed E-state index contributed by atoms with van der Waals surface area (Å²) in [6.07, 6.45) is 0. The van der Waals surface area contributed by atoms with Gasteiger partial charge in [-0.2, -0.15) is 0 Å². The van der Waals surface area contributed by atoms with Crippen molar-refractivity contribution >= 4 is 40.2 Å². The molecule has 0 saturated heterocycles. The molecule has 6 heteroatoms. The molecular weight excluding hydrogens is 409 g/mol. The normalized spacial score (nSPS) is 10.0. The van der Waals surface area contributed by atoms with Crippen LogP contribution in [0, 0.1) is 3.57 Å². The van der Waals surface area contributed by atoms with Crippen LogP contribution < -0.4 is 10.1 Å². The summed E-state index contributed by atoms with van der Waals surface area (Å²) in [5.41, 5.74) is 0.721. The van der Waals surface area contributed by atoms with Crippen LogP contribution in [0.4, 0.5) is 5.69 Å². The Morgan fingerprint density at radius 3 is 2.48 bits per heavy atom. The van der Waals surface area contributed by atoms with E-state index in [1.54, 1.807) is 43.3 Å². The maximum absolute atomic E-state index is 12.0. The minimum absolute atomic E-state index is 0.141. The number of amides is 1. The fourth-order valence-corrected chi connectivity index (χ4v) is 2.20. The fourth-order valence-electron chi connectivity index (χ4n) is 1.84. The van der Waals surface area contributed by atoms with Crippen LogP contribution >= 0.6 is 22.6 Å². The molecule has 2 aromatic carbocycles. The van der Waals surface area contributed by atoms with Crippen LogP contribution in [-0.4, -0.2) is 25.1 Å². The second kappa shape index (κ2) is 8.52. The first kappa shape index (κ1) is 17.3. The molecule has 120 valence electrons. The molecule has 0 aliphatic heterocycles. The first-order chi connectivity index (χ1) is 11.1. The van der Waals surface area contributed by atoms with Crippen LogP contribution in [0.3, 0.4) is 0 Å². The van der Waals surface area contributed by atoms with E-state index in [0.717, 1.165) is 3.57 Å². The summed E-state index contributed by atoms with van der Waals surface area (Å²) in [4.78, 5) is 23.8. The Morgan fingerprint density at radius 2 is 1.78 bits per heavy atom. The predicted molar refractivity (Wildman–Crippen MR) is 95.7 cm³/mol. The fraction of sp³-hybridized carbons (Fsp3) is 0.176. The lowest BCUT2D eigenvalue weighted by atomic mass is 10.2. The number of carbonyl (C=O) groups is 2. The Balaban J connectivity index is 1.97. The van der Waals surface area contributed by atoms with Gasteiger partial charge < -0.3 is 14.8 Å². The minimum Gasteiger partial charge on any atom is -0.484 e. The second-order valence-electron chi connectivity index (χ2n) is 4.56. The summed E-state index contributed by atoms with van der Waals surface area (Å²) in [5.74, 6) is -0.207. The number of benzene rings is 2. The van der Waals surface area contributed by atoms with Crippen LogP contribution in [-0.2, 0) is 9.53 Å². The predicted octanol–water partition coefficient (Wildman–Crippen LogP) is 3.49. The maximum atomic E-state index is 12.0.